The van der Waals surface area contributed by atoms with Crippen LogP contribution >= 0.6 is 0 Å². The fourth-order valence-electron chi connectivity index (χ4n) is 2.47. The maximum atomic E-state index is 12.0. The monoisotopic (exact) mass is 311 g/mol. The van der Waals surface area contributed by atoms with Crippen LogP contribution in [0.1, 0.15) is 33.0 Å². The highest BCUT2D eigenvalue weighted by molar-refractivity contribution is 6.32. The molecule has 0 atom stereocenters. The van der Waals surface area contributed by atoms with Crippen LogP contribution in [0.3, 0.4) is 0 Å². The number of aromatic nitrogens is 3. The van der Waals surface area contributed by atoms with Crippen molar-refractivity contribution in [1.29, 1.82) is 0 Å². The number of H-pyrrole nitrogens is 1. The molecule has 0 unspecified atom stereocenters. The fourth-order valence-corrected chi connectivity index (χ4v) is 2.47. The summed E-state index contributed by atoms with van der Waals surface area (Å²) in [4.78, 5) is 34.4. The van der Waals surface area contributed by atoms with Crippen molar-refractivity contribution in [1.82, 2.24) is 20.4 Å². The lowest BCUT2D eigenvalue weighted by molar-refractivity contribution is -0.116. The van der Waals surface area contributed by atoms with E-state index in [-0.39, 0.29) is 11.5 Å². The van der Waals surface area contributed by atoms with Gasteiger partial charge in [0.2, 0.25) is 0 Å². The van der Waals surface area contributed by atoms with Crippen LogP contribution in [0.15, 0.2) is 29.3 Å². The first-order chi connectivity index (χ1) is 11.0. The van der Waals surface area contributed by atoms with E-state index in [2.05, 4.69) is 25.5 Å². The highest BCUT2D eigenvalue weighted by atomic mass is 16.4. The van der Waals surface area contributed by atoms with E-state index in [0.717, 1.165) is 0 Å². The quantitative estimate of drug-likeness (QED) is 0.731. The van der Waals surface area contributed by atoms with Crippen molar-refractivity contribution in [3.05, 3.63) is 52.4 Å². The van der Waals surface area contributed by atoms with Crippen molar-refractivity contribution in [3.8, 4) is 0 Å². The highest BCUT2D eigenvalue weighted by Crippen LogP contribution is 2.22. The molecule has 1 amide bonds. The molecule has 1 aliphatic heterocycles. The normalized spacial score (nSPS) is 15.7. The van der Waals surface area contributed by atoms with Gasteiger partial charge in [0.15, 0.2) is 0 Å². The summed E-state index contributed by atoms with van der Waals surface area (Å²) in [5.41, 5.74) is 5.33. The Morgan fingerprint density at radius 1 is 1.30 bits per heavy atom. The number of carboxylic acid groups (broad SMARTS) is 1. The van der Waals surface area contributed by atoms with Gasteiger partial charge in [-0.25, -0.2) is 10.2 Å². The lowest BCUT2D eigenvalue weighted by Gasteiger charge is -2.00. The van der Waals surface area contributed by atoms with E-state index in [4.69, 9.17) is 0 Å². The Morgan fingerprint density at radius 3 is 2.70 bits per heavy atom. The molecule has 8 nitrogen and oxygen atoms in total. The number of aromatic amines is 1. The molecule has 0 spiro atoms. The molecule has 0 saturated carbocycles. The average Bonchev–Trinajstić information content (AvgIpc) is 3.01. The first-order valence-corrected chi connectivity index (χ1v) is 6.78. The number of carboxylic acids is 1. The molecular weight excluding hydrogens is 298 g/mol. The van der Waals surface area contributed by atoms with Crippen molar-refractivity contribution in [2.75, 3.05) is 0 Å². The van der Waals surface area contributed by atoms with Crippen LogP contribution in [0, 0.1) is 13.8 Å². The second kappa shape index (κ2) is 5.48. The van der Waals surface area contributed by atoms with Gasteiger partial charge in [-0.2, -0.15) is 5.10 Å². The van der Waals surface area contributed by atoms with Gasteiger partial charge in [0.25, 0.3) is 5.91 Å². The molecule has 0 aromatic carbocycles. The van der Waals surface area contributed by atoms with Gasteiger partial charge in [0.05, 0.1) is 17.3 Å². The molecule has 0 aliphatic carbocycles. The standard InChI is InChI=1S/C15H13N5O3/c1-7-10(18-8(2)12(7)15(22)23)5-9-13(19-20-14(9)21)11-6-16-3-4-17-11/h3-6,18H,1-2H3,(H,20,21)(H,22,23). The van der Waals surface area contributed by atoms with Gasteiger partial charge < -0.3 is 10.1 Å². The number of nitrogens with zero attached hydrogens (tertiary/aromatic N) is 3. The largest absolute Gasteiger partial charge is 0.478 e. The zero-order valence-corrected chi connectivity index (χ0v) is 12.4. The molecule has 3 rings (SSSR count). The first kappa shape index (κ1) is 14.6. The Bertz CT molecular complexity index is 865. The molecule has 0 radical (unpaired) electrons. The van der Waals surface area contributed by atoms with Crippen molar-refractivity contribution >= 4 is 23.7 Å². The van der Waals surface area contributed by atoms with Crippen molar-refractivity contribution in [2.24, 2.45) is 5.10 Å². The Morgan fingerprint density at radius 2 is 2.09 bits per heavy atom. The molecule has 116 valence electrons. The van der Waals surface area contributed by atoms with Crippen LogP contribution in [0.25, 0.3) is 6.08 Å². The molecule has 23 heavy (non-hydrogen) atoms. The first-order valence-electron chi connectivity index (χ1n) is 6.78. The third-order valence-corrected chi connectivity index (χ3v) is 3.55. The average molecular weight is 311 g/mol. The molecule has 0 bridgehead atoms. The number of rotatable bonds is 3. The number of aromatic carboxylic acids is 1. The van der Waals surface area contributed by atoms with Crippen LogP contribution in [0.5, 0.6) is 0 Å². The fraction of sp³-hybridized carbons (Fsp3) is 0.133. The number of hydrazone groups is 1. The number of aryl methyl sites for hydroxylation is 1. The van der Waals surface area contributed by atoms with Crippen LogP contribution in [0.2, 0.25) is 0 Å². The Balaban J connectivity index is 2.08. The zero-order valence-electron chi connectivity index (χ0n) is 12.4. The second-order valence-electron chi connectivity index (χ2n) is 5.02. The molecule has 8 heteroatoms. The zero-order chi connectivity index (χ0) is 16.6. The number of amides is 1. The summed E-state index contributed by atoms with van der Waals surface area (Å²) in [7, 11) is 0. The van der Waals surface area contributed by atoms with Crippen molar-refractivity contribution < 1.29 is 14.7 Å². The molecule has 0 saturated heterocycles. The van der Waals surface area contributed by atoms with E-state index in [1.54, 1.807) is 19.9 Å². The van der Waals surface area contributed by atoms with Gasteiger partial charge in [-0.3, -0.25) is 14.8 Å². The molecule has 2 aromatic heterocycles. The molecule has 2 aromatic rings. The number of hydrogen-bond donors (Lipinski definition) is 3. The summed E-state index contributed by atoms with van der Waals surface area (Å²) in [6.45, 7) is 3.36. The lowest BCUT2D eigenvalue weighted by atomic mass is 10.0. The van der Waals surface area contributed by atoms with Crippen LogP contribution in [-0.2, 0) is 4.79 Å². The number of hydrogen-bond acceptors (Lipinski definition) is 5. The summed E-state index contributed by atoms with van der Waals surface area (Å²) < 4.78 is 0. The van der Waals surface area contributed by atoms with Gasteiger partial charge >= 0.3 is 5.97 Å². The predicted octanol–water partition coefficient (Wildman–Crippen LogP) is 1.04. The number of carbonyl (C=O) groups excluding carboxylic acids is 1. The minimum Gasteiger partial charge on any atom is -0.478 e. The molecule has 3 heterocycles. The van der Waals surface area contributed by atoms with Crippen molar-refractivity contribution in [2.45, 2.75) is 13.8 Å². The lowest BCUT2D eigenvalue weighted by Crippen LogP contribution is -2.14. The van der Waals surface area contributed by atoms with E-state index in [9.17, 15) is 14.7 Å². The minimum absolute atomic E-state index is 0.202. The van der Waals surface area contributed by atoms with E-state index in [1.807, 2.05) is 0 Å². The summed E-state index contributed by atoms with van der Waals surface area (Å²) in [5, 5.41) is 13.2. The van der Waals surface area contributed by atoms with Gasteiger partial charge in [0.1, 0.15) is 11.4 Å². The van der Waals surface area contributed by atoms with Crippen molar-refractivity contribution in [3.63, 3.8) is 0 Å². The van der Waals surface area contributed by atoms with Gasteiger partial charge in [-0.05, 0) is 25.5 Å². The third-order valence-electron chi connectivity index (χ3n) is 3.55. The van der Waals surface area contributed by atoms with Crippen LogP contribution in [-0.4, -0.2) is 37.6 Å². The summed E-state index contributed by atoms with van der Waals surface area (Å²) >= 11 is 0. The molecule has 1 aliphatic rings. The Labute approximate surface area is 131 Å². The number of nitrogens with one attached hydrogen (secondary N) is 2. The maximum Gasteiger partial charge on any atom is 0.337 e. The van der Waals surface area contributed by atoms with Crippen LogP contribution < -0.4 is 5.43 Å². The predicted molar refractivity (Wildman–Crippen MR) is 81.9 cm³/mol. The molecular formula is C15H13N5O3. The maximum absolute atomic E-state index is 12.0. The highest BCUT2D eigenvalue weighted by Gasteiger charge is 2.26. The summed E-state index contributed by atoms with van der Waals surface area (Å²) in [6, 6.07) is 0. The van der Waals surface area contributed by atoms with Gasteiger partial charge in [-0.1, -0.05) is 0 Å². The van der Waals surface area contributed by atoms with E-state index in [0.29, 0.717) is 33.9 Å². The van der Waals surface area contributed by atoms with E-state index in [1.165, 1.54) is 18.6 Å². The van der Waals surface area contributed by atoms with E-state index >= 15 is 0 Å². The van der Waals surface area contributed by atoms with Gasteiger partial charge in [0, 0.05) is 23.8 Å². The smallest absolute Gasteiger partial charge is 0.337 e. The van der Waals surface area contributed by atoms with Crippen LogP contribution in [0.4, 0.5) is 0 Å². The second-order valence-corrected chi connectivity index (χ2v) is 5.02. The Hall–Kier alpha value is -3.29. The minimum atomic E-state index is -1.01. The summed E-state index contributed by atoms with van der Waals surface area (Å²) in [6.07, 6.45) is 6.10. The van der Waals surface area contributed by atoms with Gasteiger partial charge in [-0.15, -0.1) is 0 Å². The summed E-state index contributed by atoms with van der Waals surface area (Å²) in [5.74, 6) is -1.39. The molecule has 0 fully saturated rings. The Kier molecular flexibility index (Phi) is 3.49. The SMILES string of the molecule is Cc1[nH]c(C=C2C(=O)NN=C2c2cnccn2)c(C)c1C(=O)O. The number of carbonyl (C=O) groups is 2. The van der Waals surface area contributed by atoms with E-state index < -0.39 is 5.97 Å². The third kappa shape index (κ3) is 2.50. The topological polar surface area (TPSA) is 120 Å². The molecule has 3 N–H and O–H groups in total.